The zero-order valence-electron chi connectivity index (χ0n) is 32.1. The second-order valence-corrected chi connectivity index (χ2v) is 16.7. The average molecular weight is 724 g/mol. The van der Waals surface area contributed by atoms with E-state index in [0.29, 0.717) is 17.6 Å². The molecule has 0 atom stereocenters. The van der Waals surface area contributed by atoms with E-state index in [0.717, 1.165) is 51.7 Å². The van der Waals surface area contributed by atoms with Crippen LogP contribution in [0.25, 0.3) is 88.8 Å². The first-order chi connectivity index (χ1) is 27.3. The summed E-state index contributed by atoms with van der Waals surface area (Å²) in [5.74, 6) is 1.89. The zero-order chi connectivity index (χ0) is 37.8. The summed E-state index contributed by atoms with van der Waals surface area (Å²) in [6.45, 7) is 9.65. The Hall–Kier alpha value is -6.59. The van der Waals surface area contributed by atoms with E-state index in [1.165, 1.54) is 43.4 Å². The third kappa shape index (κ3) is 4.76. The SMILES string of the molecule is CC1(C)CCC(C)(C)c2cc3c(cc21)c1c2ccccc2c2c4ccccc4n(-c4ccccc4)c2c1n3-c1nc(-c2ccccc2)nc(-c2ccccc2)n1. The molecule has 270 valence electrons. The van der Waals surface area contributed by atoms with Crippen LogP contribution < -0.4 is 0 Å². The molecule has 1 aliphatic carbocycles. The van der Waals surface area contributed by atoms with E-state index in [9.17, 15) is 0 Å². The first kappa shape index (κ1) is 32.8. The Labute approximate surface area is 325 Å². The third-order valence-electron chi connectivity index (χ3n) is 12.4. The molecule has 5 nitrogen and oxygen atoms in total. The maximum atomic E-state index is 5.42. The van der Waals surface area contributed by atoms with Gasteiger partial charge in [0.2, 0.25) is 5.95 Å². The topological polar surface area (TPSA) is 48.5 Å². The van der Waals surface area contributed by atoms with E-state index in [1.807, 2.05) is 36.4 Å². The molecule has 3 heterocycles. The number of rotatable bonds is 4. The molecule has 11 rings (SSSR count). The Balaban J connectivity index is 1.42. The van der Waals surface area contributed by atoms with Gasteiger partial charge in [-0.3, -0.25) is 4.57 Å². The Morgan fingerprint density at radius 1 is 0.429 bits per heavy atom. The van der Waals surface area contributed by atoms with Crippen molar-refractivity contribution in [2.75, 3.05) is 0 Å². The van der Waals surface area contributed by atoms with Gasteiger partial charge in [0.15, 0.2) is 11.6 Å². The lowest BCUT2D eigenvalue weighted by molar-refractivity contribution is 0.332. The molecule has 0 N–H and O–H groups in total. The average Bonchev–Trinajstić information content (AvgIpc) is 3.77. The van der Waals surface area contributed by atoms with E-state index in [1.54, 1.807) is 0 Å². The molecule has 0 amide bonds. The second-order valence-electron chi connectivity index (χ2n) is 16.7. The van der Waals surface area contributed by atoms with Crippen molar-refractivity contribution in [3.63, 3.8) is 0 Å². The highest BCUT2D eigenvalue weighted by molar-refractivity contribution is 6.36. The summed E-state index contributed by atoms with van der Waals surface area (Å²) in [5, 5.41) is 7.34. The first-order valence-electron chi connectivity index (χ1n) is 19.7. The molecule has 3 aromatic heterocycles. The highest BCUT2D eigenvalue weighted by atomic mass is 15.2. The quantitative estimate of drug-likeness (QED) is 0.182. The molecule has 0 aliphatic heterocycles. The lowest BCUT2D eigenvalue weighted by Crippen LogP contribution is -2.33. The molecule has 7 aromatic carbocycles. The summed E-state index contributed by atoms with van der Waals surface area (Å²) in [4.78, 5) is 16.0. The number of aromatic nitrogens is 5. The molecule has 0 bridgehead atoms. The molecule has 10 aromatic rings. The molecular weight excluding hydrogens is 683 g/mol. The van der Waals surface area contributed by atoms with Gasteiger partial charge in [-0.2, -0.15) is 9.97 Å². The van der Waals surface area contributed by atoms with Crippen molar-refractivity contribution in [2.45, 2.75) is 51.4 Å². The van der Waals surface area contributed by atoms with Gasteiger partial charge in [-0.1, -0.05) is 149 Å². The fourth-order valence-corrected chi connectivity index (χ4v) is 9.45. The van der Waals surface area contributed by atoms with Crippen LogP contribution in [0.1, 0.15) is 51.7 Å². The van der Waals surface area contributed by atoms with Crippen molar-refractivity contribution in [3.8, 4) is 34.4 Å². The normalized spacial score (nSPS) is 14.9. The van der Waals surface area contributed by atoms with Crippen LogP contribution in [0.4, 0.5) is 0 Å². The zero-order valence-corrected chi connectivity index (χ0v) is 32.1. The van der Waals surface area contributed by atoms with Gasteiger partial charge in [-0.25, -0.2) is 4.98 Å². The van der Waals surface area contributed by atoms with Crippen LogP contribution in [-0.2, 0) is 10.8 Å². The summed E-state index contributed by atoms with van der Waals surface area (Å²) in [5.41, 5.74) is 10.4. The minimum absolute atomic E-state index is 0.000150. The van der Waals surface area contributed by atoms with E-state index in [-0.39, 0.29) is 10.8 Å². The predicted molar refractivity (Wildman–Crippen MR) is 232 cm³/mol. The highest BCUT2D eigenvalue weighted by Gasteiger charge is 2.38. The molecule has 5 heteroatoms. The molecule has 1 aliphatic rings. The lowest BCUT2D eigenvalue weighted by Gasteiger charge is -2.42. The number of para-hydroxylation sites is 2. The number of hydrogen-bond donors (Lipinski definition) is 0. The Morgan fingerprint density at radius 3 is 1.48 bits per heavy atom. The van der Waals surface area contributed by atoms with Gasteiger partial charge in [0.25, 0.3) is 0 Å². The fourth-order valence-electron chi connectivity index (χ4n) is 9.45. The van der Waals surface area contributed by atoms with Crippen LogP contribution in [0.5, 0.6) is 0 Å². The number of nitrogens with zero attached hydrogens (tertiary/aromatic N) is 5. The number of fused-ring (bicyclic) bond motifs is 11. The van der Waals surface area contributed by atoms with Gasteiger partial charge in [0, 0.05) is 38.4 Å². The number of hydrogen-bond acceptors (Lipinski definition) is 3. The van der Waals surface area contributed by atoms with E-state index in [4.69, 9.17) is 15.0 Å². The summed E-state index contributed by atoms with van der Waals surface area (Å²) in [6, 6.07) is 54.2. The van der Waals surface area contributed by atoms with Gasteiger partial charge < -0.3 is 4.57 Å². The highest BCUT2D eigenvalue weighted by Crippen LogP contribution is 2.51. The maximum Gasteiger partial charge on any atom is 0.238 e. The van der Waals surface area contributed by atoms with Gasteiger partial charge in [-0.05, 0) is 75.9 Å². The lowest BCUT2D eigenvalue weighted by atomic mass is 9.63. The van der Waals surface area contributed by atoms with E-state index >= 15 is 0 Å². The van der Waals surface area contributed by atoms with E-state index < -0.39 is 0 Å². The Morgan fingerprint density at radius 2 is 0.893 bits per heavy atom. The molecule has 0 unspecified atom stereocenters. The molecule has 0 fully saturated rings. The molecular formula is C51H41N5. The van der Waals surface area contributed by atoms with Gasteiger partial charge in [0.05, 0.1) is 22.1 Å². The smallest absolute Gasteiger partial charge is 0.238 e. The van der Waals surface area contributed by atoms with Crippen molar-refractivity contribution in [3.05, 3.63) is 163 Å². The fraction of sp³-hybridized carbons (Fsp3) is 0.157. The summed E-state index contributed by atoms with van der Waals surface area (Å²) in [6.07, 6.45) is 2.26. The number of benzene rings is 7. The van der Waals surface area contributed by atoms with Crippen LogP contribution in [-0.4, -0.2) is 24.1 Å². The van der Waals surface area contributed by atoms with Crippen molar-refractivity contribution in [1.29, 1.82) is 0 Å². The summed E-state index contributed by atoms with van der Waals surface area (Å²) < 4.78 is 4.83. The molecule has 0 spiro atoms. The van der Waals surface area contributed by atoms with E-state index in [2.05, 4.69) is 152 Å². The molecule has 56 heavy (non-hydrogen) atoms. The third-order valence-corrected chi connectivity index (χ3v) is 12.4. The Bertz CT molecular complexity index is 3110. The van der Waals surface area contributed by atoms with Gasteiger partial charge in [-0.15, -0.1) is 0 Å². The largest absolute Gasteiger partial charge is 0.307 e. The Kier molecular flexibility index (Phi) is 7.00. The van der Waals surface area contributed by atoms with Crippen molar-refractivity contribution < 1.29 is 0 Å². The van der Waals surface area contributed by atoms with Crippen LogP contribution in [0.2, 0.25) is 0 Å². The van der Waals surface area contributed by atoms with Crippen molar-refractivity contribution >= 4 is 54.4 Å². The predicted octanol–water partition coefficient (Wildman–Crippen LogP) is 12.9. The van der Waals surface area contributed by atoms with Crippen LogP contribution in [0.3, 0.4) is 0 Å². The van der Waals surface area contributed by atoms with Crippen molar-refractivity contribution in [2.24, 2.45) is 0 Å². The summed E-state index contributed by atoms with van der Waals surface area (Å²) >= 11 is 0. The first-order valence-corrected chi connectivity index (χ1v) is 19.7. The minimum Gasteiger partial charge on any atom is -0.307 e. The standard InChI is InChI=1S/C51H41N5/c1-50(2)28-29-51(3,4)40-31-42-38(30-39(40)50)44-36-25-15-14-24-35(36)43-37-26-16-17-27-41(37)55(34-22-12-7-13-23-34)45(43)46(44)56(42)49-53-47(32-18-8-5-9-19-32)52-48(54-49)33-20-10-6-11-21-33/h5-27,30-31H,28-29H2,1-4H3. The minimum atomic E-state index is 0.000150. The van der Waals surface area contributed by atoms with Crippen LogP contribution >= 0.6 is 0 Å². The monoisotopic (exact) mass is 723 g/mol. The maximum absolute atomic E-state index is 5.42. The molecule has 0 saturated heterocycles. The van der Waals surface area contributed by atoms with Crippen LogP contribution in [0.15, 0.2) is 152 Å². The van der Waals surface area contributed by atoms with Crippen LogP contribution in [0, 0.1) is 0 Å². The molecule has 0 radical (unpaired) electrons. The second kappa shape index (κ2) is 12.0. The van der Waals surface area contributed by atoms with Gasteiger partial charge in [0.1, 0.15) is 0 Å². The summed E-state index contributed by atoms with van der Waals surface area (Å²) in [7, 11) is 0. The van der Waals surface area contributed by atoms with Gasteiger partial charge >= 0.3 is 0 Å². The molecule has 0 saturated carbocycles. The van der Waals surface area contributed by atoms with Crippen molar-refractivity contribution in [1.82, 2.24) is 24.1 Å².